The van der Waals surface area contributed by atoms with E-state index in [0.717, 1.165) is 4.90 Å². The van der Waals surface area contributed by atoms with Crippen LogP contribution in [0.15, 0.2) is 18.2 Å². The number of urea groups is 1. The van der Waals surface area contributed by atoms with E-state index in [1.165, 1.54) is 18.2 Å². The Hall–Kier alpha value is -2.30. The molecule has 3 N–H and O–H groups in total. The van der Waals surface area contributed by atoms with Crippen LogP contribution in [-0.4, -0.2) is 45.8 Å². The number of nitriles is 1. The standard InChI is InChI=1S/C13H12ClN3O4/c14-9-3-7(5-15)1-2-10(9)16-13(21)17-6-8(18)4-11(17)12(19)20/h1-3,8,11,18H,4,6H2,(H,16,21)(H,19,20). The predicted molar refractivity (Wildman–Crippen MR) is 73.9 cm³/mol. The van der Waals surface area contributed by atoms with Crippen LogP contribution in [0.2, 0.25) is 5.02 Å². The lowest BCUT2D eigenvalue weighted by atomic mass is 10.2. The number of carboxylic acid groups (broad SMARTS) is 1. The van der Waals surface area contributed by atoms with Gasteiger partial charge in [0.25, 0.3) is 0 Å². The molecule has 0 saturated carbocycles. The molecule has 2 rings (SSSR count). The van der Waals surface area contributed by atoms with Crippen molar-refractivity contribution in [2.24, 2.45) is 0 Å². The minimum absolute atomic E-state index is 0.0101. The van der Waals surface area contributed by atoms with E-state index in [-0.39, 0.29) is 23.7 Å². The maximum Gasteiger partial charge on any atom is 0.326 e. The monoisotopic (exact) mass is 309 g/mol. The Bertz CT molecular complexity index is 628. The maximum absolute atomic E-state index is 12.1. The first-order valence-corrected chi connectivity index (χ1v) is 6.48. The Morgan fingerprint density at radius 2 is 2.19 bits per heavy atom. The van der Waals surface area contributed by atoms with Crippen LogP contribution in [0, 0.1) is 11.3 Å². The van der Waals surface area contributed by atoms with E-state index < -0.39 is 24.1 Å². The summed E-state index contributed by atoms with van der Waals surface area (Å²) in [4.78, 5) is 24.2. The van der Waals surface area contributed by atoms with Crippen LogP contribution in [0.1, 0.15) is 12.0 Å². The van der Waals surface area contributed by atoms with Crippen LogP contribution < -0.4 is 5.32 Å². The molecule has 0 aliphatic carbocycles. The molecule has 1 aliphatic rings. The Kier molecular flexibility index (Phi) is 4.31. The van der Waals surface area contributed by atoms with E-state index in [1.807, 2.05) is 6.07 Å². The van der Waals surface area contributed by atoms with Gasteiger partial charge in [-0.25, -0.2) is 9.59 Å². The Labute approximate surface area is 125 Å². The van der Waals surface area contributed by atoms with E-state index >= 15 is 0 Å². The zero-order chi connectivity index (χ0) is 15.6. The summed E-state index contributed by atoms with van der Waals surface area (Å²) in [5.74, 6) is -1.17. The average Bonchev–Trinajstić information content (AvgIpc) is 2.83. The number of halogens is 1. The number of aliphatic hydroxyl groups excluding tert-OH is 1. The van der Waals surface area contributed by atoms with Gasteiger partial charge in [0.2, 0.25) is 0 Å². The summed E-state index contributed by atoms with van der Waals surface area (Å²) in [7, 11) is 0. The Morgan fingerprint density at radius 3 is 2.76 bits per heavy atom. The molecule has 2 amide bonds. The first-order valence-electron chi connectivity index (χ1n) is 6.10. The third-order valence-corrected chi connectivity index (χ3v) is 3.48. The molecule has 0 radical (unpaired) electrons. The molecule has 1 saturated heterocycles. The largest absolute Gasteiger partial charge is 0.480 e. The molecule has 1 fully saturated rings. The average molecular weight is 310 g/mol. The van der Waals surface area contributed by atoms with E-state index in [0.29, 0.717) is 5.56 Å². The first kappa shape index (κ1) is 15.1. The van der Waals surface area contributed by atoms with Crippen molar-refractivity contribution in [3.63, 3.8) is 0 Å². The highest BCUT2D eigenvalue weighted by Crippen LogP contribution is 2.25. The van der Waals surface area contributed by atoms with E-state index in [9.17, 15) is 14.7 Å². The highest BCUT2D eigenvalue weighted by atomic mass is 35.5. The van der Waals surface area contributed by atoms with Gasteiger partial charge in [0.1, 0.15) is 6.04 Å². The third kappa shape index (κ3) is 3.24. The van der Waals surface area contributed by atoms with Crippen LogP contribution in [-0.2, 0) is 4.79 Å². The van der Waals surface area contributed by atoms with E-state index in [1.54, 1.807) is 0 Å². The number of aliphatic carboxylic acids is 1. The minimum atomic E-state index is -1.17. The van der Waals surface area contributed by atoms with Crippen LogP contribution in [0.4, 0.5) is 10.5 Å². The summed E-state index contributed by atoms with van der Waals surface area (Å²) < 4.78 is 0. The molecular formula is C13H12ClN3O4. The number of aliphatic hydroxyl groups is 1. The molecule has 0 aromatic heterocycles. The van der Waals surface area contributed by atoms with Crippen LogP contribution in [0.5, 0.6) is 0 Å². The van der Waals surface area contributed by atoms with Gasteiger partial charge in [0.05, 0.1) is 28.4 Å². The molecule has 21 heavy (non-hydrogen) atoms. The summed E-state index contributed by atoms with van der Waals surface area (Å²) in [6.07, 6.45) is -0.877. The highest BCUT2D eigenvalue weighted by Gasteiger charge is 2.39. The second kappa shape index (κ2) is 5.99. The van der Waals surface area contributed by atoms with Gasteiger partial charge in [-0.3, -0.25) is 0 Å². The molecule has 1 heterocycles. The van der Waals surface area contributed by atoms with Crippen molar-refractivity contribution in [2.45, 2.75) is 18.6 Å². The maximum atomic E-state index is 12.1. The fourth-order valence-electron chi connectivity index (χ4n) is 2.15. The predicted octanol–water partition coefficient (Wildman–Crippen LogP) is 1.26. The van der Waals surface area contributed by atoms with Gasteiger partial charge < -0.3 is 20.4 Å². The van der Waals surface area contributed by atoms with Gasteiger partial charge in [-0.05, 0) is 18.2 Å². The number of likely N-dealkylation sites (tertiary alicyclic amines) is 1. The lowest BCUT2D eigenvalue weighted by Gasteiger charge is -2.21. The van der Waals surface area contributed by atoms with Crippen molar-refractivity contribution in [3.05, 3.63) is 28.8 Å². The summed E-state index contributed by atoms with van der Waals surface area (Å²) in [5.41, 5.74) is 0.615. The summed E-state index contributed by atoms with van der Waals surface area (Å²) in [6.45, 7) is -0.0588. The van der Waals surface area contributed by atoms with Crippen LogP contribution in [0.25, 0.3) is 0 Å². The smallest absolute Gasteiger partial charge is 0.326 e. The number of carboxylic acids is 1. The van der Waals surface area contributed by atoms with Crippen LogP contribution in [0.3, 0.4) is 0 Å². The molecule has 0 bridgehead atoms. The second-order valence-corrected chi connectivity index (χ2v) is 5.04. The zero-order valence-electron chi connectivity index (χ0n) is 10.8. The zero-order valence-corrected chi connectivity index (χ0v) is 11.5. The minimum Gasteiger partial charge on any atom is -0.480 e. The van der Waals surface area contributed by atoms with E-state index in [4.69, 9.17) is 22.0 Å². The topological polar surface area (TPSA) is 114 Å². The SMILES string of the molecule is N#Cc1ccc(NC(=O)N2CC(O)CC2C(=O)O)c(Cl)c1. The fraction of sp³-hybridized carbons (Fsp3) is 0.308. The molecule has 8 heteroatoms. The number of carbonyl (C=O) groups is 2. The molecule has 0 spiro atoms. The van der Waals surface area contributed by atoms with Gasteiger partial charge in [-0.15, -0.1) is 0 Å². The normalized spacial score (nSPS) is 20.9. The molecule has 2 unspecified atom stereocenters. The van der Waals surface area contributed by atoms with Gasteiger partial charge in [0, 0.05) is 13.0 Å². The molecule has 1 aromatic rings. The number of anilines is 1. The number of nitrogens with one attached hydrogen (secondary N) is 1. The van der Waals surface area contributed by atoms with Crippen molar-refractivity contribution in [1.29, 1.82) is 5.26 Å². The Morgan fingerprint density at radius 1 is 1.48 bits per heavy atom. The van der Waals surface area contributed by atoms with Gasteiger partial charge in [-0.2, -0.15) is 5.26 Å². The Balaban J connectivity index is 2.14. The summed E-state index contributed by atoms with van der Waals surface area (Å²) >= 11 is 5.94. The quantitative estimate of drug-likeness (QED) is 0.761. The number of amides is 2. The summed E-state index contributed by atoms with van der Waals surface area (Å²) in [5, 5.41) is 29.9. The highest BCUT2D eigenvalue weighted by molar-refractivity contribution is 6.33. The van der Waals surface area contributed by atoms with Crippen molar-refractivity contribution in [3.8, 4) is 6.07 Å². The second-order valence-electron chi connectivity index (χ2n) is 4.63. The van der Waals surface area contributed by atoms with Crippen molar-refractivity contribution in [2.75, 3.05) is 11.9 Å². The fourth-order valence-corrected chi connectivity index (χ4v) is 2.37. The first-order chi connectivity index (χ1) is 9.92. The van der Waals surface area contributed by atoms with Gasteiger partial charge in [-0.1, -0.05) is 11.6 Å². The van der Waals surface area contributed by atoms with Crippen molar-refractivity contribution < 1.29 is 19.8 Å². The van der Waals surface area contributed by atoms with Crippen molar-refractivity contribution in [1.82, 2.24) is 4.90 Å². The van der Waals surface area contributed by atoms with E-state index in [2.05, 4.69) is 5.32 Å². The molecule has 1 aromatic carbocycles. The lowest BCUT2D eigenvalue weighted by molar-refractivity contribution is -0.141. The van der Waals surface area contributed by atoms with Gasteiger partial charge in [0.15, 0.2) is 0 Å². The number of β-amino-alcohol motifs (C(OH)–C–C–N with tert-alkyl or cyclic N) is 1. The number of hydrogen-bond donors (Lipinski definition) is 3. The number of carbonyl (C=O) groups excluding carboxylic acids is 1. The number of nitrogens with zero attached hydrogens (tertiary/aromatic N) is 2. The molecule has 110 valence electrons. The number of rotatable bonds is 2. The number of benzene rings is 1. The molecule has 7 nitrogen and oxygen atoms in total. The molecule has 1 aliphatic heterocycles. The molecular weight excluding hydrogens is 298 g/mol. The molecule has 2 atom stereocenters. The summed E-state index contributed by atoms with van der Waals surface area (Å²) in [6, 6.07) is 4.51. The third-order valence-electron chi connectivity index (χ3n) is 3.16. The lowest BCUT2D eigenvalue weighted by Crippen LogP contribution is -2.43. The van der Waals surface area contributed by atoms with Crippen molar-refractivity contribution >= 4 is 29.3 Å². The number of hydrogen-bond acceptors (Lipinski definition) is 4. The van der Waals surface area contributed by atoms with Crippen LogP contribution >= 0.6 is 11.6 Å². The van der Waals surface area contributed by atoms with Gasteiger partial charge >= 0.3 is 12.0 Å².